The fourth-order valence-electron chi connectivity index (χ4n) is 7.56. The van der Waals surface area contributed by atoms with Crippen LogP contribution in [0.15, 0.2) is 66.3 Å². The molecule has 0 spiro atoms. The van der Waals surface area contributed by atoms with Crippen molar-refractivity contribution in [3.63, 3.8) is 0 Å². The average Bonchev–Trinajstić information content (AvgIpc) is 3.42. The Labute approximate surface area is 268 Å². The van der Waals surface area contributed by atoms with Crippen LogP contribution in [0.2, 0.25) is 0 Å². The smallest absolute Gasteiger partial charge is 0.00613 e. The van der Waals surface area contributed by atoms with Crippen molar-refractivity contribution in [1.29, 1.82) is 0 Å². The third-order valence-electron chi connectivity index (χ3n) is 10.2. The van der Waals surface area contributed by atoms with Crippen LogP contribution in [0.4, 0.5) is 0 Å². The van der Waals surface area contributed by atoms with Crippen LogP contribution in [0.5, 0.6) is 0 Å². The topological polar surface area (TPSA) is 0 Å². The maximum absolute atomic E-state index is 4.70. The Hall–Kier alpha value is -2.08. The van der Waals surface area contributed by atoms with Gasteiger partial charge in [-0.25, -0.2) is 0 Å². The maximum atomic E-state index is 4.70. The molecule has 1 saturated carbocycles. The number of unbranched alkanes of at least 4 members (excludes halogenated alkanes) is 2. The molecule has 0 bridgehead atoms. The second kappa shape index (κ2) is 18.0. The molecule has 0 nitrogen and oxygen atoms in total. The van der Waals surface area contributed by atoms with Gasteiger partial charge in [0.1, 0.15) is 0 Å². The molecule has 0 amide bonds. The molecule has 2 atom stereocenters. The van der Waals surface area contributed by atoms with Gasteiger partial charge in [0.15, 0.2) is 0 Å². The molecule has 4 rings (SSSR count). The highest BCUT2D eigenvalue weighted by atomic mass is 14.4. The minimum atomic E-state index is 0.319. The van der Waals surface area contributed by atoms with Crippen LogP contribution in [0, 0.1) is 23.7 Å². The molecule has 0 heteroatoms. The van der Waals surface area contributed by atoms with Gasteiger partial charge >= 0.3 is 0 Å². The van der Waals surface area contributed by atoms with Crippen molar-refractivity contribution in [2.75, 3.05) is 0 Å². The normalized spacial score (nSPS) is 19.4. The minimum Gasteiger partial charge on any atom is -0.0990 e. The van der Waals surface area contributed by atoms with Gasteiger partial charge in [0.2, 0.25) is 0 Å². The van der Waals surface area contributed by atoms with Gasteiger partial charge in [0, 0.05) is 0 Å². The third kappa shape index (κ3) is 11.1. The molecule has 2 unspecified atom stereocenters. The zero-order chi connectivity index (χ0) is 32.0. The van der Waals surface area contributed by atoms with Crippen LogP contribution in [0.3, 0.4) is 0 Å². The first-order chi connectivity index (χ1) is 20.5. The fourth-order valence-corrected chi connectivity index (χ4v) is 7.56. The standard InChI is InChI=1S/C32H50.C9H12.C2H6/c1-9-10-11-14-26-20-24(3)30(28-19-23(2)15-16-29(28)31(5,6)7)27(22-26)21-25(4)32(8)17-12-13-18-32;1-2-6-9-7-4-3-5-8-9;1-2/h15,20,22,28-29H,4,9-14,16-19,21H2,1-3,5-8H3;3-5,7-8H,2,6H2,1H3;1-2H3. The van der Waals surface area contributed by atoms with Gasteiger partial charge in [-0.1, -0.05) is 154 Å². The Morgan fingerprint density at radius 2 is 1.53 bits per heavy atom. The molecule has 0 aromatic heterocycles. The molecule has 240 valence electrons. The van der Waals surface area contributed by atoms with E-state index in [-0.39, 0.29) is 0 Å². The lowest BCUT2D eigenvalue weighted by atomic mass is 9.63. The molecule has 2 aromatic rings. The highest BCUT2D eigenvalue weighted by Gasteiger charge is 2.37. The molecule has 2 aromatic carbocycles. The zero-order valence-corrected chi connectivity index (χ0v) is 30.2. The summed E-state index contributed by atoms with van der Waals surface area (Å²) >= 11 is 0. The van der Waals surface area contributed by atoms with Crippen molar-refractivity contribution < 1.29 is 0 Å². The van der Waals surface area contributed by atoms with E-state index in [9.17, 15) is 0 Å². The lowest BCUT2D eigenvalue weighted by Gasteiger charge is -2.42. The van der Waals surface area contributed by atoms with Gasteiger partial charge in [0.25, 0.3) is 0 Å². The Kier molecular flexibility index (Phi) is 15.6. The first kappa shape index (κ1) is 37.1. The van der Waals surface area contributed by atoms with E-state index in [0.29, 0.717) is 22.7 Å². The van der Waals surface area contributed by atoms with Gasteiger partial charge in [-0.3, -0.25) is 0 Å². The van der Waals surface area contributed by atoms with E-state index in [2.05, 4.69) is 104 Å². The summed E-state index contributed by atoms with van der Waals surface area (Å²) in [5.41, 5.74) is 11.5. The van der Waals surface area contributed by atoms with Crippen LogP contribution >= 0.6 is 0 Å². The number of hydrogen-bond acceptors (Lipinski definition) is 0. The van der Waals surface area contributed by atoms with Crippen molar-refractivity contribution in [3.8, 4) is 0 Å². The molecule has 43 heavy (non-hydrogen) atoms. The Bertz CT molecular complexity index is 1120. The Morgan fingerprint density at radius 3 is 2.12 bits per heavy atom. The summed E-state index contributed by atoms with van der Waals surface area (Å²) in [6, 6.07) is 15.7. The molecule has 1 fully saturated rings. The molecule has 0 saturated heterocycles. The van der Waals surface area contributed by atoms with Gasteiger partial charge in [0.05, 0.1) is 0 Å². The van der Waals surface area contributed by atoms with E-state index in [1.165, 1.54) is 93.7 Å². The predicted molar refractivity (Wildman–Crippen MR) is 194 cm³/mol. The van der Waals surface area contributed by atoms with E-state index in [1.807, 2.05) is 13.8 Å². The fraction of sp³-hybridized carbons (Fsp3) is 0.628. The summed E-state index contributed by atoms with van der Waals surface area (Å²) < 4.78 is 0. The monoisotopic (exact) mass is 585 g/mol. The maximum Gasteiger partial charge on any atom is -0.00613 e. The SMILES string of the molecule is C=C(Cc1cc(CCCCC)cc(C)c1C1CC(C)=CCC1C(C)(C)C)C1(C)CCCC1.CC.CCCc1ccccc1. The highest BCUT2D eigenvalue weighted by Crippen LogP contribution is 2.50. The van der Waals surface area contributed by atoms with Crippen LogP contribution in [-0.2, 0) is 19.3 Å². The van der Waals surface area contributed by atoms with Gasteiger partial charge in [-0.15, -0.1) is 0 Å². The number of benzene rings is 2. The van der Waals surface area contributed by atoms with Crippen LogP contribution in [0.1, 0.15) is 160 Å². The number of hydrogen-bond donors (Lipinski definition) is 0. The summed E-state index contributed by atoms with van der Waals surface area (Å²) in [6.45, 7) is 27.8. The Balaban J connectivity index is 0.000000496. The second-order valence-electron chi connectivity index (χ2n) is 14.8. The summed E-state index contributed by atoms with van der Waals surface area (Å²) in [4.78, 5) is 0. The summed E-state index contributed by atoms with van der Waals surface area (Å²) in [6.07, 6.45) is 19.0. The molecule has 0 heterocycles. The lowest BCUT2D eigenvalue weighted by molar-refractivity contribution is 0.191. The molecule has 0 radical (unpaired) electrons. The van der Waals surface area contributed by atoms with Crippen molar-refractivity contribution in [2.45, 2.75) is 159 Å². The van der Waals surface area contributed by atoms with Crippen molar-refractivity contribution in [3.05, 3.63) is 94.1 Å². The third-order valence-corrected chi connectivity index (χ3v) is 10.2. The Morgan fingerprint density at radius 1 is 0.884 bits per heavy atom. The summed E-state index contributed by atoms with van der Waals surface area (Å²) in [5.74, 6) is 1.33. The molecule has 2 aliphatic carbocycles. The van der Waals surface area contributed by atoms with Gasteiger partial charge < -0.3 is 0 Å². The number of aryl methyl sites for hydroxylation is 3. The molecule has 2 aliphatic rings. The van der Waals surface area contributed by atoms with Gasteiger partial charge in [-0.2, -0.15) is 0 Å². The van der Waals surface area contributed by atoms with Crippen LogP contribution in [0.25, 0.3) is 0 Å². The molecule has 0 N–H and O–H groups in total. The van der Waals surface area contributed by atoms with Gasteiger partial charge in [-0.05, 0) is 116 Å². The zero-order valence-electron chi connectivity index (χ0n) is 30.2. The van der Waals surface area contributed by atoms with E-state index in [4.69, 9.17) is 6.58 Å². The summed E-state index contributed by atoms with van der Waals surface area (Å²) in [7, 11) is 0. The summed E-state index contributed by atoms with van der Waals surface area (Å²) in [5, 5.41) is 0. The van der Waals surface area contributed by atoms with Crippen LogP contribution < -0.4 is 0 Å². The molecular formula is C43H68. The van der Waals surface area contributed by atoms with Crippen molar-refractivity contribution >= 4 is 0 Å². The van der Waals surface area contributed by atoms with Crippen molar-refractivity contribution in [2.24, 2.45) is 16.7 Å². The molecular weight excluding hydrogens is 516 g/mol. The number of rotatable bonds is 10. The minimum absolute atomic E-state index is 0.319. The van der Waals surface area contributed by atoms with Crippen LogP contribution in [-0.4, -0.2) is 0 Å². The van der Waals surface area contributed by atoms with E-state index < -0.39 is 0 Å². The van der Waals surface area contributed by atoms with E-state index >= 15 is 0 Å². The first-order valence-corrected chi connectivity index (χ1v) is 18.0. The average molecular weight is 585 g/mol. The molecule has 0 aliphatic heterocycles. The second-order valence-corrected chi connectivity index (χ2v) is 14.8. The highest BCUT2D eigenvalue weighted by molar-refractivity contribution is 5.45. The lowest BCUT2D eigenvalue weighted by Crippen LogP contribution is -2.30. The largest absolute Gasteiger partial charge is 0.0990 e. The first-order valence-electron chi connectivity index (χ1n) is 18.0. The van der Waals surface area contributed by atoms with E-state index in [1.54, 1.807) is 22.3 Å². The van der Waals surface area contributed by atoms with Crippen molar-refractivity contribution in [1.82, 2.24) is 0 Å². The predicted octanol–water partition coefficient (Wildman–Crippen LogP) is 13.6. The quantitative estimate of drug-likeness (QED) is 0.192. The van der Waals surface area contributed by atoms with E-state index in [0.717, 1.165) is 6.42 Å². The number of allylic oxidation sites excluding steroid dienone is 3.